The number of amides is 1. The molecule has 0 saturated carbocycles. The van der Waals surface area contributed by atoms with Crippen molar-refractivity contribution in [3.8, 4) is 0 Å². The first-order chi connectivity index (χ1) is 12.2. The fourth-order valence-corrected chi connectivity index (χ4v) is 2.32. The summed E-state index contributed by atoms with van der Waals surface area (Å²) in [6, 6.07) is 0.367. The molecule has 0 bridgehead atoms. The van der Waals surface area contributed by atoms with E-state index in [1.54, 1.807) is 13.0 Å². The molecule has 1 unspecified atom stereocenters. The van der Waals surface area contributed by atoms with Crippen LogP contribution < -0.4 is 10.9 Å². The van der Waals surface area contributed by atoms with Gasteiger partial charge in [-0.05, 0) is 30.9 Å². The van der Waals surface area contributed by atoms with Gasteiger partial charge in [-0.15, -0.1) is 0 Å². The van der Waals surface area contributed by atoms with Crippen molar-refractivity contribution in [2.75, 3.05) is 14.2 Å². The van der Waals surface area contributed by atoms with E-state index in [0.29, 0.717) is 23.7 Å². The molecule has 1 N–H and O–H groups in total. The van der Waals surface area contributed by atoms with E-state index >= 15 is 0 Å². The molecular formula is C18H25NO7. The zero-order chi connectivity index (χ0) is 19.9. The van der Waals surface area contributed by atoms with E-state index < -0.39 is 35.9 Å². The Morgan fingerprint density at radius 1 is 1.19 bits per heavy atom. The maximum atomic E-state index is 12.4. The fourth-order valence-electron chi connectivity index (χ4n) is 2.32. The molecule has 1 aromatic heterocycles. The number of aryl methyl sites for hydroxylation is 2. The SMILES string of the molecule is COC(=O)CC(NC(=O)c1c(C)cc(CCC(C)C)oc1=O)C(=O)OC. The Kier molecular flexibility index (Phi) is 8.02. The van der Waals surface area contributed by atoms with Gasteiger partial charge in [0, 0.05) is 6.42 Å². The first-order valence-corrected chi connectivity index (χ1v) is 8.28. The van der Waals surface area contributed by atoms with E-state index in [1.807, 2.05) is 0 Å². The van der Waals surface area contributed by atoms with E-state index in [1.165, 1.54) is 0 Å². The van der Waals surface area contributed by atoms with Crippen molar-refractivity contribution < 1.29 is 28.3 Å². The second-order valence-electron chi connectivity index (χ2n) is 6.32. The van der Waals surface area contributed by atoms with Gasteiger partial charge in [0.2, 0.25) is 0 Å². The van der Waals surface area contributed by atoms with Crippen LogP contribution in [0.3, 0.4) is 0 Å². The Balaban J connectivity index is 3.02. The molecule has 0 aliphatic rings. The van der Waals surface area contributed by atoms with E-state index in [0.717, 1.165) is 20.6 Å². The molecule has 1 atom stereocenters. The lowest BCUT2D eigenvalue weighted by atomic mass is 10.0. The summed E-state index contributed by atoms with van der Waals surface area (Å²) in [7, 11) is 2.29. The summed E-state index contributed by atoms with van der Waals surface area (Å²) in [6.07, 6.45) is 1.02. The number of carbonyl (C=O) groups is 3. The Bertz CT molecular complexity index is 721. The molecule has 1 amide bonds. The van der Waals surface area contributed by atoms with Crippen molar-refractivity contribution >= 4 is 17.8 Å². The highest BCUT2D eigenvalue weighted by Gasteiger charge is 2.27. The molecule has 0 fully saturated rings. The Hall–Kier alpha value is -2.64. The minimum atomic E-state index is -1.26. The molecule has 0 radical (unpaired) electrons. The summed E-state index contributed by atoms with van der Waals surface area (Å²) in [5, 5.41) is 2.33. The molecule has 144 valence electrons. The minimum absolute atomic E-state index is 0.211. The number of hydrogen-bond donors (Lipinski definition) is 1. The number of methoxy groups -OCH3 is 2. The third kappa shape index (κ3) is 6.02. The third-order valence-corrected chi connectivity index (χ3v) is 3.78. The number of ether oxygens (including phenoxy) is 2. The van der Waals surface area contributed by atoms with Gasteiger partial charge in [0.25, 0.3) is 5.91 Å². The van der Waals surface area contributed by atoms with Crippen molar-refractivity contribution in [2.45, 2.75) is 46.1 Å². The molecule has 1 heterocycles. The smallest absolute Gasteiger partial charge is 0.349 e. The number of nitrogens with one attached hydrogen (secondary N) is 1. The van der Waals surface area contributed by atoms with Gasteiger partial charge in [0.1, 0.15) is 17.4 Å². The zero-order valence-electron chi connectivity index (χ0n) is 15.7. The van der Waals surface area contributed by atoms with Crippen LogP contribution in [0.5, 0.6) is 0 Å². The minimum Gasteiger partial charge on any atom is -0.469 e. The first-order valence-electron chi connectivity index (χ1n) is 8.28. The lowest BCUT2D eigenvalue weighted by Gasteiger charge is -2.16. The Labute approximate surface area is 151 Å². The lowest BCUT2D eigenvalue weighted by molar-refractivity contribution is -0.149. The van der Waals surface area contributed by atoms with Crippen LogP contribution in [0.4, 0.5) is 0 Å². The van der Waals surface area contributed by atoms with Crippen LogP contribution >= 0.6 is 0 Å². The molecule has 0 aromatic carbocycles. The highest BCUT2D eigenvalue weighted by molar-refractivity contribution is 5.98. The normalized spacial score (nSPS) is 11.8. The predicted molar refractivity (Wildman–Crippen MR) is 92.8 cm³/mol. The summed E-state index contributed by atoms with van der Waals surface area (Å²) in [4.78, 5) is 47.8. The van der Waals surface area contributed by atoms with Crippen molar-refractivity contribution in [2.24, 2.45) is 5.92 Å². The lowest BCUT2D eigenvalue weighted by Crippen LogP contribution is -2.44. The highest BCUT2D eigenvalue weighted by atomic mass is 16.5. The average Bonchev–Trinajstić information content (AvgIpc) is 2.57. The molecule has 1 rings (SSSR count). The monoisotopic (exact) mass is 367 g/mol. The molecule has 8 nitrogen and oxygen atoms in total. The maximum absolute atomic E-state index is 12.4. The first kappa shape index (κ1) is 21.4. The summed E-state index contributed by atoms with van der Waals surface area (Å²) < 4.78 is 14.3. The summed E-state index contributed by atoms with van der Waals surface area (Å²) in [5.41, 5.74) is -0.570. The van der Waals surface area contributed by atoms with Gasteiger partial charge in [-0.3, -0.25) is 9.59 Å². The van der Waals surface area contributed by atoms with Crippen molar-refractivity contribution in [1.29, 1.82) is 0 Å². The zero-order valence-corrected chi connectivity index (χ0v) is 15.7. The van der Waals surface area contributed by atoms with Crippen LogP contribution in [-0.4, -0.2) is 38.1 Å². The van der Waals surface area contributed by atoms with Crippen LogP contribution in [0, 0.1) is 12.8 Å². The molecule has 0 aliphatic carbocycles. The van der Waals surface area contributed by atoms with Crippen LogP contribution in [-0.2, 0) is 25.5 Å². The summed E-state index contributed by atoms with van der Waals surface area (Å²) in [6.45, 7) is 5.72. The van der Waals surface area contributed by atoms with Gasteiger partial charge in [0.15, 0.2) is 0 Å². The standard InChI is InChI=1S/C18H25NO7/c1-10(2)6-7-12-8-11(3)15(18(23)26-12)16(21)19-13(17(22)25-5)9-14(20)24-4/h8,10,13H,6-7,9H2,1-5H3,(H,19,21). The van der Waals surface area contributed by atoms with Crippen molar-refractivity contribution in [1.82, 2.24) is 5.32 Å². The molecule has 26 heavy (non-hydrogen) atoms. The molecule has 0 aliphatic heterocycles. The van der Waals surface area contributed by atoms with Crippen LogP contribution in [0.1, 0.15) is 48.4 Å². The summed E-state index contributed by atoms with van der Waals surface area (Å²) in [5.74, 6) is -1.39. The van der Waals surface area contributed by atoms with E-state index in [4.69, 9.17) is 4.42 Å². The molecule has 0 spiro atoms. The quantitative estimate of drug-likeness (QED) is 0.691. The van der Waals surface area contributed by atoms with E-state index in [9.17, 15) is 19.2 Å². The molecular weight excluding hydrogens is 342 g/mol. The fraction of sp³-hybridized carbons (Fsp3) is 0.556. The van der Waals surface area contributed by atoms with Gasteiger partial charge < -0.3 is 19.2 Å². The largest absolute Gasteiger partial charge is 0.469 e. The van der Waals surface area contributed by atoms with Gasteiger partial charge in [0.05, 0.1) is 20.6 Å². The average molecular weight is 367 g/mol. The maximum Gasteiger partial charge on any atom is 0.349 e. The van der Waals surface area contributed by atoms with Crippen molar-refractivity contribution in [3.05, 3.63) is 33.4 Å². The van der Waals surface area contributed by atoms with Gasteiger partial charge in [-0.2, -0.15) is 0 Å². The Morgan fingerprint density at radius 2 is 1.85 bits per heavy atom. The third-order valence-electron chi connectivity index (χ3n) is 3.78. The highest BCUT2D eigenvalue weighted by Crippen LogP contribution is 2.12. The second kappa shape index (κ2) is 9.74. The van der Waals surface area contributed by atoms with E-state index in [-0.39, 0.29) is 5.56 Å². The predicted octanol–water partition coefficient (Wildman–Crippen LogP) is 1.37. The van der Waals surface area contributed by atoms with Crippen LogP contribution in [0.25, 0.3) is 0 Å². The van der Waals surface area contributed by atoms with Crippen LogP contribution in [0.15, 0.2) is 15.3 Å². The van der Waals surface area contributed by atoms with Crippen molar-refractivity contribution in [3.63, 3.8) is 0 Å². The molecule has 8 heteroatoms. The van der Waals surface area contributed by atoms with Crippen LogP contribution in [0.2, 0.25) is 0 Å². The number of esters is 2. The topological polar surface area (TPSA) is 112 Å². The van der Waals surface area contributed by atoms with Gasteiger partial charge in [-0.1, -0.05) is 13.8 Å². The Morgan fingerprint density at radius 3 is 2.35 bits per heavy atom. The molecule has 0 saturated heterocycles. The summed E-state index contributed by atoms with van der Waals surface area (Å²) >= 11 is 0. The second-order valence-corrected chi connectivity index (χ2v) is 6.32. The van der Waals surface area contributed by atoms with Gasteiger partial charge >= 0.3 is 17.6 Å². The molecule has 1 aromatic rings. The number of hydrogen-bond acceptors (Lipinski definition) is 7. The van der Waals surface area contributed by atoms with E-state index in [2.05, 4.69) is 28.6 Å². The van der Waals surface area contributed by atoms with Gasteiger partial charge in [-0.25, -0.2) is 9.59 Å². The number of carbonyl (C=O) groups excluding carboxylic acids is 3. The number of rotatable bonds is 8.